The van der Waals surface area contributed by atoms with Crippen LogP contribution in [0.3, 0.4) is 0 Å². The van der Waals surface area contributed by atoms with Crippen molar-refractivity contribution in [2.75, 3.05) is 26.2 Å². The molecule has 0 N–H and O–H groups in total. The Hall–Kier alpha value is -2.61. The van der Waals surface area contributed by atoms with Crippen molar-refractivity contribution in [1.82, 2.24) is 9.80 Å². The Morgan fingerprint density at radius 2 is 1.57 bits per heavy atom. The van der Waals surface area contributed by atoms with Crippen LogP contribution in [0.1, 0.15) is 41.8 Å². The zero-order chi connectivity index (χ0) is 21.1. The van der Waals surface area contributed by atoms with E-state index in [0.717, 1.165) is 25.7 Å². The van der Waals surface area contributed by atoms with Crippen LogP contribution < -0.4 is 0 Å². The van der Waals surface area contributed by atoms with Crippen molar-refractivity contribution >= 4 is 21.7 Å². The van der Waals surface area contributed by atoms with E-state index in [9.17, 15) is 18.0 Å². The first-order valence-corrected chi connectivity index (χ1v) is 12.0. The molecular weight excluding hydrogens is 404 g/mol. The number of carbonyl (C=O) groups excluding carboxylic acids is 2. The summed E-state index contributed by atoms with van der Waals surface area (Å²) in [5.74, 6) is -0.231. The second-order valence-corrected chi connectivity index (χ2v) is 9.94. The van der Waals surface area contributed by atoms with E-state index in [1.165, 1.54) is 24.5 Å². The van der Waals surface area contributed by atoms with Crippen molar-refractivity contribution in [3.05, 3.63) is 54.0 Å². The molecule has 0 atom stereocenters. The molecule has 7 nitrogen and oxygen atoms in total. The summed E-state index contributed by atoms with van der Waals surface area (Å²) in [6.45, 7) is 1.84. The number of amides is 2. The number of hydrogen-bond donors (Lipinski definition) is 0. The monoisotopic (exact) mass is 430 g/mol. The van der Waals surface area contributed by atoms with Gasteiger partial charge < -0.3 is 14.2 Å². The quantitative estimate of drug-likeness (QED) is 0.728. The van der Waals surface area contributed by atoms with Crippen molar-refractivity contribution in [3.8, 4) is 0 Å². The van der Waals surface area contributed by atoms with Gasteiger partial charge in [-0.25, -0.2) is 8.42 Å². The third-order valence-electron chi connectivity index (χ3n) is 5.97. The highest BCUT2D eigenvalue weighted by Crippen LogP contribution is 2.27. The molecule has 1 aliphatic carbocycles. The Kier molecular flexibility index (Phi) is 5.94. The maximum absolute atomic E-state index is 13.0. The van der Waals surface area contributed by atoms with Gasteiger partial charge >= 0.3 is 0 Å². The Morgan fingerprint density at radius 3 is 2.23 bits per heavy atom. The average Bonchev–Trinajstić information content (AvgIpc) is 3.45. The van der Waals surface area contributed by atoms with Gasteiger partial charge in [-0.3, -0.25) is 9.59 Å². The number of benzene rings is 1. The molecule has 1 saturated heterocycles. The summed E-state index contributed by atoms with van der Waals surface area (Å²) < 4.78 is 30.7. The summed E-state index contributed by atoms with van der Waals surface area (Å²) >= 11 is 0. The molecule has 2 heterocycles. The number of rotatable bonds is 5. The van der Waals surface area contributed by atoms with Gasteiger partial charge in [0.25, 0.3) is 5.91 Å². The van der Waals surface area contributed by atoms with Gasteiger partial charge in [0.1, 0.15) is 0 Å². The standard InChI is InChI=1S/C22H26N2O5S/c25-21(17-6-4-5-7-17)23-11-13-24(14-12-23)22(26)20-18(10-15-29-20)16-30(27,28)19-8-2-1-3-9-19/h1-3,8-10,15,17H,4-7,11-14,16H2. The van der Waals surface area contributed by atoms with Gasteiger partial charge in [0, 0.05) is 37.7 Å². The van der Waals surface area contributed by atoms with Crippen molar-refractivity contribution in [2.24, 2.45) is 5.92 Å². The largest absolute Gasteiger partial charge is 0.459 e. The van der Waals surface area contributed by atoms with Crippen molar-refractivity contribution in [2.45, 2.75) is 36.3 Å². The van der Waals surface area contributed by atoms with Crippen LogP contribution in [-0.4, -0.2) is 56.2 Å². The molecule has 0 spiro atoms. The smallest absolute Gasteiger partial charge is 0.289 e. The minimum Gasteiger partial charge on any atom is -0.459 e. The van der Waals surface area contributed by atoms with E-state index in [4.69, 9.17) is 4.42 Å². The van der Waals surface area contributed by atoms with Crippen LogP contribution in [0.5, 0.6) is 0 Å². The van der Waals surface area contributed by atoms with Gasteiger partial charge in [0.15, 0.2) is 15.6 Å². The van der Waals surface area contributed by atoms with E-state index in [2.05, 4.69) is 0 Å². The zero-order valence-corrected chi connectivity index (χ0v) is 17.6. The highest BCUT2D eigenvalue weighted by Gasteiger charge is 2.32. The molecule has 30 heavy (non-hydrogen) atoms. The first kappa shape index (κ1) is 20.7. The molecule has 8 heteroatoms. The van der Waals surface area contributed by atoms with Gasteiger partial charge in [-0.05, 0) is 31.0 Å². The molecule has 0 bridgehead atoms. The molecule has 160 valence electrons. The lowest BCUT2D eigenvalue weighted by atomic mass is 10.1. The number of nitrogens with zero attached hydrogens (tertiary/aromatic N) is 2. The number of sulfone groups is 1. The summed E-state index contributed by atoms with van der Waals surface area (Å²) in [5.41, 5.74) is 0.355. The van der Waals surface area contributed by atoms with Crippen molar-refractivity contribution in [3.63, 3.8) is 0 Å². The molecule has 4 rings (SSSR count). The van der Waals surface area contributed by atoms with Crippen LogP contribution in [0, 0.1) is 5.92 Å². The Bertz CT molecular complexity index is 1000. The normalized spacial score (nSPS) is 18.0. The fraction of sp³-hybridized carbons (Fsp3) is 0.455. The highest BCUT2D eigenvalue weighted by molar-refractivity contribution is 7.90. The summed E-state index contributed by atoms with van der Waals surface area (Å²) in [6, 6.07) is 9.70. The van der Waals surface area contributed by atoms with Crippen LogP contribution in [0.25, 0.3) is 0 Å². The van der Waals surface area contributed by atoms with E-state index in [-0.39, 0.29) is 34.1 Å². The Labute approximate surface area is 176 Å². The first-order valence-electron chi connectivity index (χ1n) is 10.4. The van der Waals surface area contributed by atoms with Crippen molar-refractivity contribution in [1.29, 1.82) is 0 Å². The number of piperazine rings is 1. The molecule has 2 aliphatic rings. The van der Waals surface area contributed by atoms with E-state index < -0.39 is 9.84 Å². The first-order chi connectivity index (χ1) is 14.5. The molecule has 1 aliphatic heterocycles. The maximum atomic E-state index is 13.0. The van der Waals surface area contributed by atoms with Crippen LogP contribution in [-0.2, 0) is 20.4 Å². The SMILES string of the molecule is O=C(c1occc1CS(=O)(=O)c1ccccc1)N1CCN(C(=O)C2CCCC2)CC1. The lowest BCUT2D eigenvalue weighted by Crippen LogP contribution is -2.51. The molecular formula is C22H26N2O5S. The van der Waals surface area contributed by atoms with Gasteiger partial charge in [-0.15, -0.1) is 0 Å². The number of hydrogen-bond acceptors (Lipinski definition) is 5. The van der Waals surface area contributed by atoms with E-state index in [0.29, 0.717) is 31.7 Å². The van der Waals surface area contributed by atoms with Gasteiger partial charge in [-0.1, -0.05) is 31.0 Å². The molecule has 0 unspecified atom stereocenters. The van der Waals surface area contributed by atoms with Gasteiger partial charge in [0.2, 0.25) is 5.91 Å². The molecule has 2 aromatic rings. The molecule has 1 saturated carbocycles. The summed E-state index contributed by atoms with van der Waals surface area (Å²) in [6.07, 6.45) is 5.50. The number of furan rings is 1. The van der Waals surface area contributed by atoms with E-state index in [1.54, 1.807) is 23.1 Å². The van der Waals surface area contributed by atoms with Crippen LogP contribution >= 0.6 is 0 Å². The predicted molar refractivity (Wildman–Crippen MR) is 110 cm³/mol. The van der Waals surface area contributed by atoms with Gasteiger partial charge in [0.05, 0.1) is 16.9 Å². The summed E-state index contributed by atoms with van der Waals surface area (Å²) in [7, 11) is -3.58. The van der Waals surface area contributed by atoms with E-state index in [1.807, 2.05) is 4.90 Å². The third-order valence-corrected chi connectivity index (χ3v) is 7.65. The molecule has 2 amide bonds. The second-order valence-electron chi connectivity index (χ2n) is 7.95. The second kappa shape index (κ2) is 8.63. The lowest BCUT2D eigenvalue weighted by Gasteiger charge is -2.35. The predicted octanol–water partition coefficient (Wildman–Crippen LogP) is 2.73. The molecule has 1 aromatic heterocycles. The average molecular weight is 431 g/mol. The molecule has 0 radical (unpaired) electrons. The Balaban J connectivity index is 1.41. The van der Waals surface area contributed by atoms with Crippen molar-refractivity contribution < 1.29 is 22.4 Å². The molecule has 2 fully saturated rings. The van der Waals surface area contributed by atoms with Crippen LogP contribution in [0.4, 0.5) is 0 Å². The Morgan fingerprint density at radius 1 is 0.933 bits per heavy atom. The van der Waals surface area contributed by atoms with E-state index >= 15 is 0 Å². The van der Waals surface area contributed by atoms with Crippen LogP contribution in [0.15, 0.2) is 52.0 Å². The fourth-order valence-corrected chi connectivity index (χ4v) is 5.63. The minimum atomic E-state index is -3.58. The minimum absolute atomic E-state index is 0.0603. The van der Waals surface area contributed by atoms with Gasteiger partial charge in [-0.2, -0.15) is 0 Å². The molecule has 1 aromatic carbocycles. The summed E-state index contributed by atoms with van der Waals surface area (Å²) in [5, 5.41) is 0. The summed E-state index contributed by atoms with van der Waals surface area (Å²) in [4.78, 5) is 29.3. The lowest BCUT2D eigenvalue weighted by molar-refractivity contribution is -0.136. The fourth-order valence-electron chi connectivity index (χ4n) is 4.26. The maximum Gasteiger partial charge on any atom is 0.289 e. The third kappa shape index (κ3) is 4.28. The highest BCUT2D eigenvalue weighted by atomic mass is 32.2. The zero-order valence-electron chi connectivity index (χ0n) is 16.8. The van der Waals surface area contributed by atoms with Crippen LogP contribution in [0.2, 0.25) is 0 Å². The topological polar surface area (TPSA) is 87.9 Å². The number of carbonyl (C=O) groups is 2.